The molecule has 0 fully saturated rings. The lowest BCUT2D eigenvalue weighted by Crippen LogP contribution is -2.06. The molecule has 102 valence electrons. The number of aryl methyl sites for hydroxylation is 3. The van der Waals surface area contributed by atoms with E-state index in [2.05, 4.69) is 34.2 Å². The van der Waals surface area contributed by atoms with Crippen molar-refractivity contribution < 1.29 is 0 Å². The summed E-state index contributed by atoms with van der Waals surface area (Å²) in [5, 5.41) is 7.74. The van der Waals surface area contributed by atoms with Crippen LogP contribution in [0.1, 0.15) is 30.8 Å². The lowest BCUT2D eigenvalue weighted by molar-refractivity contribution is 0.746. The maximum absolute atomic E-state index is 4.64. The lowest BCUT2D eigenvalue weighted by Gasteiger charge is -2.10. The molecule has 0 bridgehead atoms. The Hall–Kier alpha value is -1.91. The summed E-state index contributed by atoms with van der Waals surface area (Å²) < 4.78 is 1.82. The maximum atomic E-state index is 4.64. The highest BCUT2D eigenvalue weighted by Crippen LogP contribution is 2.24. The van der Waals surface area contributed by atoms with Gasteiger partial charge in [-0.05, 0) is 27.2 Å². The van der Waals surface area contributed by atoms with Gasteiger partial charge >= 0.3 is 0 Å². The number of nitrogens with zero attached hydrogens (tertiary/aromatic N) is 4. The third-order valence-electron chi connectivity index (χ3n) is 3.21. The van der Waals surface area contributed by atoms with Crippen LogP contribution >= 0.6 is 0 Å². The second-order valence-electron chi connectivity index (χ2n) is 4.65. The van der Waals surface area contributed by atoms with Crippen LogP contribution in [-0.4, -0.2) is 26.3 Å². The van der Waals surface area contributed by atoms with Crippen LogP contribution < -0.4 is 5.32 Å². The number of hydrogen-bond donors (Lipinski definition) is 1. The number of nitrogens with one attached hydrogen (secondary N) is 1. The van der Waals surface area contributed by atoms with Crippen LogP contribution in [0, 0.1) is 13.8 Å². The fourth-order valence-electron chi connectivity index (χ4n) is 2.07. The Morgan fingerprint density at radius 2 is 1.95 bits per heavy atom. The summed E-state index contributed by atoms with van der Waals surface area (Å²) in [5.74, 6) is 1.67. The van der Waals surface area contributed by atoms with Crippen molar-refractivity contribution in [2.24, 2.45) is 7.05 Å². The molecule has 0 saturated carbocycles. The molecule has 2 aromatic heterocycles. The van der Waals surface area contributed by atoms with Gasteiger partial charge in [0, 0.05) is 31.0 Å². The van der Waals surface area contributed by atoms with Crippen LogP contribution in [0.3, 0.4) is 0 Å². The normalized spacial score (nSPS) is 10.8. The monoisotopic (exact) mass is 259 g/mol. The first-order valence-electron chi connectivity index (χ1n) is 6.68. The summed E-state index contributed by atoms with van der Waals surface area (Å²) in [6.07, 6.45) is 2.86. The van der Waals surface area contributed by atoms with E-state index >= 15 is 0 Å². The highest BCUT2D eigenvalue weighted by molar-refractivity contribution is 5.61. The van der Waals surface area contributed by atoms with E-state index in [-0.39, 0.29) is 0 Å². The van der Waals surface area contributed by atoms with E-state index in [0.29, 0.717) is 0 Å². The molecular weight excluding hydrogens is 238 g/mol. The molecule has 0 radical (unpaired) electrons. The molecule has 2 aromatic rings. The summed E-state index contributed by atoms with van der Waals surface area (Å²) in [6.45, 7) is 9.07. The summed E-state index contributed by atoms with van der Waals surface area (Å²) in [4.78, 5) is 9.24. The van der Waals surface area contributed by atoms with Crippen molar-refractivity contribution in [2.75, 3.05) is 11.9 Å². The Morgan fingerprint density at radius 1 is 1.21 bits per heavy atom. The fourth-order valence-corrected chi connectivity index (χ4v) is 2.07. The number of anilines is 1. The van der Waals surface area contributed by atoms with Crippen molar-refractivity contribution in [2.45, 2.75) is 34.1 Å². The number of aromatic nitrogens is 4. The summed E-state index contributed by atoms with van der Waals surface area (Å²) in [6, 6.07) is 0. The average Bonchev–Trinajstić information content (AvgIpc) is 2.76. The molecule has 0 atom stereocenters. The zero-order valence-corrected chi connectivity index (χ0v) is 12.3. The van der Waals surface area contributed by atoms with Crippen molar-refractivity contribution in [3.63, 3.8) is 0 Å². The predicted molar refractivity (Wildman–Crippen MR) is 77.2 cm³/mol. The minimum absolute atomic E-state index is 0.754. The second-order valence-corrected chi connectivity index (χ2v) is 4.65. The van der Waals surface area contributed by atoms with E-state index in [0.717, 1.165) is 47.1 Å². The molecule has 0 spiro atoms. The van der Waals surface area contributed by atoms with E-state index in [1.807, 2.05) is 31.8 Å². The molecule has 0 amide bonds. The van der Waals surface area contributed by atoms with Crippen LogP contribution in [0.25, 0.3) is 11.4 Å². The van der Waals surface area contributed by atoms with Gasteiger partial charge in [0.05, 0.1) is 11.3 Å². The molecule has 5 heteroatoms. The Kier molecular flexibility index (Phi) is 3.83. The summed E-state index contributed by atoms with van der Waals surface area (Å²) >= 11 is 0. The Morgan fingerprint density at radius 3 is 2.58 bits per heavy atom. The quantitative estimate of drug-likeness (QED) is 0.916. The van der Waals surface area contributed by atoms with Crippen molar-refractivity contribution in [1.82, 2.24) is 19.7 Å². The van der Waals surface area contributed by atoms with Crippen molar-refractivity contribution >= 4 is 5.82 Å². The van der Waals surface area contributed by atoms with E-state index < -0.39 is 0 Å². The van der Waals surface area contributed by atoms with Gasteiger partial charge < -0.3 is 5.32 Å². The molecule has 0 saturated heterocycles. The molecule has 0 aliphatic heterocycles. The molecule has 0 aliphatic carbocycles. The molecule has 0 aliphatic rings. The van der Waals surface area contributed by atoms with Crippen LogP contribution in [0.5, 0.6) is 0 Å². The highest BCUT2D eigenvalue weighted by atomic mass is 15.3. The molecular formula is C14H21N5. The van der Waals surface area contributed by atoms with E-state index in [4.69, 9.17) is 0 Å². The molecule has 2 heterocycles. The van der Waals surface area contributed by atoms with Crippen LogP contribution in [0.2, 0.25) is 0 Å². The zero-order chi connectivity index (χ0) is 14.0. The first-order chi connectivity index (χ1) is 9.06. The summed E-state index contributed by atoms with van der Waals surface area (Å²) in [7, 11) is 1.93. The second kappa shape index (κ2) is 5.38. The van der Waals surface area contributed by atoms with Gasteiger partial charge in [0.25, 0.3) is 0 Å². The number of rotatable bonds is 4. The lowest BCUT2D eigenvalue weighted by atomic mass is 10.1. The number of hydrogen-bond acceptors (Lipinski definition) is 4. The Balaban J connectivity index is 2.55. The van der Waals surface area contributed by atoms with Gasteiger partial charge in [-0.25, -0.2) is 9.97 Å². The average molecular weight is 259 g/mol. The standard InChI is InChI=1S/C14H21N5/c1-6-12-11(8-19(5)18-12)14-16-10(4)9(3)13(17-14)15-7-2/h8H,6-7H2,1-5H3,(H,15,16,17). The fraction of sp³-hybridized carbons (Fsp3) is 0.500. The summed E-state index contributed by atoms with van der Waals surface area (Å²) in [5.41, 5.74) is 4.17. The van der Waals surface area contributed by atoms with E-state index in [9.17, 15) is 0 Å². The van der Waals surface area contributed by atoms with Gasteiger partial charge in [0.2, 0.25) is 0 Å². The predicted octanol–water partition coefficient (Wildman–Crippen LogP) is 2.49. The molecule has 0 unspecified atom stereocenters. The highest BCUT2D eigenvalue weighted by Gasteiger charge is 2.14. The van der Waals surface area contributed by atoms with Crippen molar-refractivity contribution in [3.05, 3.63) is 23.1 Å². The smallest absolute Gasteiger partial charge is 0.165 e. The molecule has 2 rings (SSSR count). The molecule has 19 heavy (non-hydrogen) atoms. The molecule has 1 N–H and O–H groups in total. The third-order valence-corrected chi connectivity index (χ3v) is 3.21. The van der Waals surface area contributed by atoms with Gasteiger partial charge in [-0.3, -0.25) is 4.68 Å². The first-order valence-corrected chi connectivity index (χ1v) is 6.68. The van der Waals surface area contributed by atoms with Gasteiger partial charge in [-0.15, -0.1) is 0 Å². The SMILES string of the molecule is CCNc1nc(-c2cn(C)nc2CC)nc(C)c1C. The maximum Gasteiger partial charge on any atom is 0.165 e. The van der Waals surface area contributed by atoms with Crippen molar-refractivity contribution in [3.8, 4) is 11.4 Å². The Labute approximate surface area is 114 Å². The minimum atomic E-state index is 0.754. The van der Waals surface area contributed by atoms with E-state index in [1.165, 1.54) is 0 Å². The molecule has 0 aromatic carbocycles. The molecule has 5 nitrogen and oxygen atoms in total. The van der Waals surface area contributed by atoms with Crippen LogP contribution in [-0.2, 0) is 13.5 Å². The largest absolute Gasteiger partial charge is 0.370 e. The first kappa shape index (κ1) is 13.5. The Bertz CT molecular complexity index is 586. The van der Waals surface area contributed by atoms with Crippen LogP contribution in [0.15, 0.2) is 6.20 Å². The van der Waals surface area contributed by atoms with Gasteiger partial charge in [-0.1, -0.05) is 6.92 Å². The zero-order valence-electron chi connectivity index (χ0n) is 12.3. The van der Waals surface area contributed by atoms with Crippen LogP contribution in [0.4, 0.5) is 5.82 Å². The van der Waals surface area contributed by atoms with Gasteiger partial charge in [0.1, 0.15) is 5.82 Å². The van der Waals surface area contributed by atoms with Gasteiger partial charge in [-0.2, -0.15) is 5.10 Å². The van der Waals surface area contributed by atoms with Crippen molar-refractivity contribution in [1.29, 1.82) is 0 Å². The van der Waals surface area contributed by atoms with E-state index in [1.54, 1.807) is 0 Å². The van der Waals surface area contributed by atoms with Gasteiger partial charge in [0.15, 0.2) is 5.82 Å². The third kappa shape index (κ3) is 2.59. The minimum Gasteiger partial charge on any atom is -0.370 e. The topological polar surface area (TPSA) is 55.6 Å².